The van der Waals surface area contributed by atoms with Crippen molar-refractivity contribution in [2.75, 3.05) is 6.61 Å². The molecule has 0 fully saturated rings. The van der Waals surface area contributed by atoms with Crippen LogP contribution in [-0.4, -0.2) is 17.1 Å². The Morgan fingerprint density at radius 2 is 1.45 bits per heavy atom. The highest BCUT2D eigenvalue weighted by atomic mass is 19.1. The van der Waals surface area contributed by atoms with Gasteiger partial charge in [0.05, 0.1) is 17.8 Å². The van der Waals surface area contributed by atoms with E-state index in [1.54, 1.807) is 6.92 Å². The first-order chi connectivity index (χ1) is 19.5. The van der Waals surface area contributed by atoms with Crippen molar-refractivity contribution in [1.82, 2.24) is 4.57 Å². The lowest BCUT2D eigenvalue weighted by Crippen LogP contribution is -2.05. The molecule has 5 rings (SSSR count). The predicted octanol–water partition coefficient (Wildman–Crippen LogP) is 7.77. The topological polar surface area (TPSA) is 40.5 Å². The molecule has 0 aliphatic carbocycles. The Balaban J connectivity index is 1.46. The number of aryl methyl sites for hydroxylation is 3. The molecule has 0 unspecified atom stereocenters. The molecule has 0 aliphatic rings. The molecule has 40 heavy (non-hydrogen) atoms. The monoisotopic (exact) mass is 539 g/mol. The van der Waals surface area contributed by atoms with Crippen LogP contribution in [0, 0.1) is 11.6 Å². The Labute approximate surface area is 232 Å². The van der Waals surface area contributed by atoms with Gasteiger partial charge in [0.1, 0.15) is 6.61 Å². The summed E-state index contributed by atoms with van der Waals surface area (Å²) >= 11 is 0. The number of benzene rings is 4. The van der Waals surface area contributed by atoms with Crippen molar-refractivity contribution in [3.63, 3.8) is 0 Å². The second-order valence-electron chi connectivity index (χ2n) is 9.68. The second kappa shape index (κ2) is 12.6. The number of fused-ring (bicyclic) bond motifs is 1. The number of hydrogen-bond acceptors (Lipinski definition) is 3. The maximum atomic E-state index is 15.2. The molecule has 4 aromatic carbocycles. The van der Waals surface area contributed by atoms with Crippen molar-refractivity contribution in [2.24, 2.45) is 0 Å². The van der Waals surface area contributed by atoms with E-state index in [0.717, 1.165) is 40.4 Å². The van der Waals surface area contributed by atoms with Crippen molar-refractivity contribution in [2.45, 2.75) is 39.2 Å². The first kappa shape index (κ1) is 27.1. The largest absolute Gasteiger partial charge is 0.483 e. The molecule has 0 saturated carbocycles. The molecular weight excluding hydrogens is 508 g/mol. The number of nitrogens with zero attached hydrogens (tertiary/aromatic N) is 1. The Morgan fingerprint density at radius 1 is 0.775 bits per heavy atom. The summed E-state index contributed by atoms with van der Waals surface area (Å²) in [5.41, 5.74) is 5.29. The van der Waals surface area contributed by atoms with Gasteiger partial charge in [0.15, 0.2) is 17.4 Å². The molecule has 204 valence electrons. The molecule has 1 heterocycles. The third-order valence-electron chi connectivity index (χ3n) is 6.89. The van der Waals surface area contributed by atoms with E-state index in [-0.39, 0.29) is 12.6 Å². The SMILES string of the molecule is CCOC(=O)CCc1ccc2c(c1)c(CCc1ccccc1)cn2-c1cc(F)c(OCc2ccccc2)c(F)c1. The highest BCUT2D eigenvalue weighted by molar-refractivity contribution is 5.86. The highest BCUT2D eigenvalue weighted by Gasteiger charge is 2.17. The van der Waals surface area contributed by atoms with Crippen molar-refractivity contribution in [3.8, 4) is 11.4 Å². The van der Waals surface area contributed by atoms with Crippen LogP contribution >= 0.6 is 0 Å². The van der Waals surface area contributed by atoms with E-state index in [1.165, 1.54) is 17.7 Å². The Hall–Kier alpha value is -4.45. The molecule has 4 nitrogen and oxygen atoms in total. The van der Waals surface area contributed by atoms with Crippen molar-refractivity contribution >= 4 is 16.9 Å². The minimum atomic E-state index is -0.760. The molecule has 1 aromatic heterocycles. The molecule has 0 N–H and O–H groups in total. The van der Waals surface area contributed by atoms with Gasteiger partial charge in [-0.1, -0.05) is 66.7 Å². The minimum absolute atomic E-state index is 0.0681. The van der Waals surface area contributed by atoms with Gasteiger partial charge in [0.2, 0.25) is 0 Å². The molecule has 0 spiro atoms. The zero-order valence-electron chi connectivity index (χ0n) is 22.4. The quantitative estimate of drug-likeness (QED) is 0.161. The van der Waals surface area contributed by atoms with Crippen LogP contribution in [0.3, 0.4) is 0 Å². The molecule has 0 atom stereocenters. The number of carbonyl (C=O) groups excluding carboxylic acids is 1. The van der Waals surface area contributed by atoms with Crippen molar-refractivity contribution in [1.29, 1.82) is 0 Å². The van der Waals surface area contributed by atoms with Crippen LogP contribution in [0.1, 0.15) is 35.6 Å². The standard InChI is InChI=1S/C34H31F2NO3/c1-2-39-33(38)18-15-25-14-17-32-29(19-25)27(16-13-24-9-5-3-6-10-24)22-37(32)28-20-30(35)34(31(36)21-28)40-23-26-11-7-4-8-12-26/h3-12,14,17,19-22H,2,13,15-16,18,23H2,1H3. The molecule has 0 saturated heterocycles. The third-order valence-corrected chi connectivity index (χ3v) is 6.89. The summed E-state index contributed by atoms with van der Waals surface area (Å²) in [6, 6.07) is 28.0. The smallest absolute Gasteiger partial charge is 0.306 e. The summed E-state index contributed by atoms with van der Waals surface area (Å²) in [7, 11) is 0. The number of rotatable bonds is 11. The number of aromatic nitrogens is 1. The van der Waals surface area contributed by atoms with E-state index < -0.39 is 17.4 Å². The third kappa shape index (κ3) is 6.40. The van der Waals surface area contributed by atoms with Crippen molar-refractivity contribution in [3.05, 3.63) is 131 Å². The first-order valence-electron chi connectivity index (χ1n) is 13.5. The van der Waals surface area contributed by atoms with E-state index in [4.69, 9.17) is 9.47 Å². The van der Waals surface area contributed by atoms with Gasteiger partial charge in [-0.15, -0.1) is 0 Å². The molecule has 0 bridgehead atoms. The van der Waals surface area contributed by atoms with Crippen LogP contribution < -0.4 is 4.74 Å². The van der Waals surface area contributed by atoms with Gasteiger partial charge in [0.25, 0.3) is 0 Å². The van der Waals surface area contributed by atoms with Crippen LogP contribution in [0.4, 0.5) is 8.78 Å². The van der Waals surface area contributed by atoms with E-state index in [2.05, 4.69) is 18.2 Å². The van der Waals surface area contributed by atoms with Gasteiger partial charge < -0.3 is 14.0 Å². The van der Waals surface area contributed by atoms with Gasteiger partial charge in [0, 0.05) is 30.1 Å². The van der Waals surface area contributed by atoms with Gasteiger partial charge in [-0.3, -0.25) is 4.79 Å². The highest BCUT2D eigenvalue weighted by Crippen LogP contribution is 2.31. The summed E-state index contributed by atoms with van der Waals surface area (Å²) in [5, 5.41) is 0.988. The van der Waals surface area contributed by atoms with Gasteiger partial charge in [-0.2, -0.15) is 0 Å². The lowest BCUT2D eigenvalue weighted by Gasteiger charge is -2.12. The fraction of sp³-hybridized carbons (Fsp3) is 0.206. The molecule has 0 radical (unpaired) electrons. The summed E-state index contributed by atoms with van der Waals surface area (Å²) in [6.45, 7) is 2.21. The maximum Gasteiger partial charge on any atom is 0.306 e. The zero-order valence-corrected chi connectivity index (χ0v) is 22.4. The van der Waals surface area contributed by atoms with Crippen LogP contribution in [0.25, 0.3) is 16.6 Å². The predicted molar refractivity (Wildman–Crippen MR) is 153 cm³/mol. The zero-order chi connectivity index (χ0) is 27.9. The summed E-state index contributed by atoms with van der Waals surface area (Å²) in [6.07, 6.45) is 4.36. The molecule has 0 amide bonds. The number of esters is 1. The van der Waals surface area contributed by atoms with Crippen molar-refractivity contribution < 1.29 is 23.0 Å². The Morgan fingerprint density at radius 3 is 2.12 bits per heavy atom. The second-order valence-corrected chi connectivity index (χ2v) is 9.68. The lowest BCUT2D eigenvalue weighted by molar-refractivity contribution is -0.143. The van der Waals surface area contributed by atoms with Gasteiger partial charge in [-0.05, 0) is 60.6 Å². The number of halogens is 2. The summed E-state index contributed by atoms with van der Waals surface area (Å²) in [4.78, 5) is 11.9. The average Bonchev–Trinajstić information content (AvgIpc) is 3.33. The fourth-order valence-corrected chi connectivity index (χ4v) is 4.87. The van der Waals surface area contributed by atoms with Crippen LogP contribution in [0.5, 0.6) is 5.75 Å². The van der Waals surface area contributed by atoms with Gasteiger partial charge >= 0.3 is 5.97 Å². The van der Waals surface area contributed by atoms with Crippen LogP contribution in [0.15, 0.2) is 97.2 Å². The van der Waals surface area contributed by atoms with E-state index in [0.29, 0.717) is 25.1 Å². The number of carbonyl (C=O) groups is 1. The normalized spacial score (nSPS) is 11.1. The van der Waals surface area contributed by atoms with E-state index in [1.807, 2.05) is 71.4 Å². The first-order valence-corrected chi connectivity index (χ1v) is 13.5. The number of hydrogen-bond donors (Lipinski definition) is 0. The molecular formula is C34H31F2NO3. The average molecular weight is 540 g/mol. The molecule has 0 aliphatic heterocycles. The van der Waals surface area contributed by atoms with Crippen LogP contribution in [0.2, 0.25) is 0 Å². The summed E-state index contributed by atoms with van der Waals surface area (Å²) < 4.78 is 42.7. The maximum absolute atomic E-state index is 15.2. The summed E-state index contributed by atoms with van der Waals surface area (Å²) in [5.74, 6) is -2.14. The van der Waals surface area contributed by atoms with E-state index >= 15 is 8.78 Å². The minimum Gasteiger partial charge on any atom is -0.483 e. The Kier molecular flexibility index (Phi) is 8.55. The number of ether oxygens (including phenoxy) is 2. The van der Waals surface area contributed by atoms with E-state index in [9.17, 15) is 4.79 Å². The molecule has 5 aromatic rings. The van der Waals surface area contributed by atoms with Gasteiger partial charge in [-0.25, -0.2) is 8.78 Å². The fourth-order valence-electron chi connectivity index (χ4n) is 4.87. The van der Waals surface area contributed by atoms with Crippen LogP contribution in [-0.2, 0) is 35.4 Å². The molecule has 6 heteroatoms. The lowest BCUT2D eigenvalue weighted by atomic mass is 10.0. The Bertz CT molecular complexity index is 1570.